The Labute approximate surface area is 95.7 Å². The van der Waals surface area contributed by atoms with Gasteiger partial charge in [0.15, 0.2) is 0 Å². The van der Waals surface area contributed by atoms with Crippen LogP contribution in [0, 0.1) is 6.92 Å². The van der Waals surface area contributed by atoms with E-state index in [0.29, 0.717) is 0 Å². The molecule has 0 spiro atoms. The van der Waals surface area contributed by atoms with Gasteiger partial charge in [-0.05, 0) is 13.3 Å². The van der Waals surface area contributed by atoms with Crippen LogP contribution in [0.3, 0.4) is 0 Å². The Balaban J connectivity index is 2.40. The Morgan fingerprint density at radius 3 is 2.62 bits per heavy atom. The molecular formula is C13H17N3. The molecule has 2 aromatic rings. The highest BCUT2D eigenvalue weighted by atomic mass is 15.0. The summed E-state index contributed by atoms with van der Waals surface area (Å²) in [6, 6.07) is 10.2. The standard InChI is InChI=1S/C13H17N3/c1-3-11(14)13-15-9(2)12(16-13)10-7-5-4-6-8-10/h4-8,11H,3,14H2,1-2H3,(H,15,16)/t11-/m0/s1. The fraction of sp³-hybridized carbons (Fsp3) is 0.308. The van der Waals surface area contributed by atoms with Crippen molar-refractivity contribution in [2.75, 3.05) is 0 Å². The summed E-state index contributed by atoms with van der Waals surface area (Å²) in [5.41, 5.74) is 9.16. The van der Waals surface area contributed by atoms with Crippen molar-refractivity contribution >= 4 is 0 Å². The van der Waals surface area contributed by atoms with Crippen molar-refractivity contribution in [3.8, 4) is 11.3 Å². The summed E-state index contributed by atoms with van der Waals surface area (Å²) in [5.74, 6) is 0.874. The Bertz CT molecular complexity index is 459. The third kappa shape index (κ3) is 1.99. The van der Waals surface area contributed by atoms with E-state index >= 15 is 0 Å². The van der Waals surface area contributed by atoms with Gasteiger partial charge < -0.3 is 10.7 Å². The highest BCUT2D eigenvalue weighted by molar-refractivity contribution is 5.61. The lowest BCUT2D eigenvalue weighted by molar-refractivity contribution is 0.657. The molecule has 0 aliphatic rings. The SMILES string of the molecule is CC[C@H](N)c1nc(-c2ccccc2)c(C)[nH]1. The lowest BCUT2D eigenvalue weighted by atomic mass is 10.1. The summed E-state index contributed by atoms with van der Waals surface area (Å²) >= 11 is 0. The van der Waals surface area contributed by atoms with Crippen molar-refractivity contribution in [3.05, 3.63) is 41.9 Å². The van der Waals surface area contributed by atoms with E-state index in [1.54, 1.807) is 0 Å². The number of aromatic nitrogens is 2. The smallest absolute Gasteiger partial charge is 0.123 e. The number of hydrogen-bond donors (Lipinski definition) is 2. The van der Waals surface area contributed by atoms with E-state index in [1.165, 1.54) is 0 Å². The van der Waals surface area contributed by atoms with Crippen LogP contribution in [0.4, 0.5) is 0 Å². The zero-order valence-corrected chi connectivity index (χ0v) is 9.70. The third-order valence-electron chi connectivity index (χ3n) is 2.74. The van der Waals surface area contributed by atoms with Crippen molar-refractivity contribution in [2.45, 2.75) is 26.3 Å². The molecular weight excluding hydrogens is 198 g/mol. The van der Waals surface area contributed by atoms with Crippen molar-refractivity contribution in [2.24, 2.45) is 5.73 Å². The topological polar surface area (TPSA) is 54.7 Å². The normalized spacial score (nSPS) is 12.7. The molecule has 0 aliphatic heterocycles. The molecule has 1 aromatic carbocycles. The molecule has 2 rings (SSSR count). The Morgan fingerprint density at radius 2 is 2.00 bits per heavy atom. The van der Waals surface area contributed by atoms with Crippen LogP contribution < -0.4 is 5.73 Å². The molecule has 16 heavy (non-hydrogen) atoms. The zero-order valence-electron chi connectivity index (χ0n) is 9.70. The lowest BCUT2D eigenvalue weighted by Crippen LogP contribution is -2.10. The van der Waals surface area contributed by atoms with Crippen LogP contribution in [-0.4, -0.2) is 9.97 Å². The summed E-state index contributed by atoms with van der Waals surface area (Å²) in [7, 11) is 0. The molecule has 1 aromatic heterocycles. The first kappa shape index (κ1) is 10.9. The molecule has 3 nitrogen and oxygen atoms in total. The van der Waals surface area contributed by atoms with Gasteiger partial charge in [0.05, 0.1) is 11.7 Å². The molecule has 3 N–H and O–H groups in total. The summed E-state index contributed by atoms with van der Waals surface area (Å²) in [5, 5.41) is 0. The molecule has 3 heteroatoms. The third-order valence-corrected chi connectivity index (χ3v) is 2.74. The maximum Gasteiger partial charge on any atom is 0.123 e. The van der Waals surface area contributed by atoms with E-state index in [4.69, 9.17) is 5.73 Å². The summed E-state index contributed by atoms with van der Waals surface area (Å²) in [6.07, 6.45) is 0.890. The predicted molar refractivity (Wildman–Crippen MR) is 66.0 cm³/mol. The number of hydrogen-bond acceptors (Lipinski definition) is 2. The van der Waals surface area contributed by atoms with Gasteiger partial charge in [-0.25, -0.2) is 4.98 Å². The van der Waals surface area contributed by atoms with Gasteiger partial charge in [-0.1, -0.05) is 37.3 Å². The van der Waals surface area contributed by atoms with E-state index in [-0.39, 0.29) is 6.04 Å². The second kappa shape index (κ2) is 4.49. The summed E-state index contributed by atoms with van der Waals surface area (Å²) < 4.78 is 0. The Hall–Kier alpha value is -1.61. The van der Waals surface area contributed by atoms with Gasteiger partial charge in [0.1, 0.15) is 5.82 Å². The fourth-order valence-corrected chi connectivity index (χ4v) is 1.73. The van der Waals surface area contributed by atoms with Gasteiger partial charge >= 0.3 is 0 Å². The number of rotatable bonds is 3. The number of H-pyrrole nitrogens is 1. The molecule has 0 aliphatic carbocycles. The second-order valence-electron chi connectivity index (χ2n) is 3.98. The minimum absolute atomic E-state index is 0.00355. The summed E-state index contributed by atoms with van der Waals surface area (Å²) in [4.78, 5) is 7.83. The molecule has 0 fully saturated rings. The van der Waals surface area contributed by atoms with Crippen LogP contribution in [0.1, 0.15) is 30.9 Å². The van der Waals surface area contributed by atoms with Gasteiger partial charge in [0.25, 0.3) is 0 Å². The van der Waals surface area contributed by atoms with E-state index in [0.717, 1.165) is 29.2 Å². The number of nitrogens with zero attached hydrogens (tertiary/aromatic N) is 1. The van der Waals surface area contributed by atoms with Crippen LogP contribution in [0.5, 0.6) is 0 Å². The highest BCUT2D eigenvalue weighted by Gasteiger charge is 2.12. The van der Waals surface area contributed by atoms with Crippen molar-refractivity contribution in [1.29, 1.82) is 0 Å². The first-order valence-corrected chi connectivity index (χ1v) is 5.60. The number of benzene rings is 1. The van der Waals surface area contributed by atoms with Gasteiger partial charge in [0, 0.05) is 11.3 Å². The minimum Gasteiger partial charge on any atom is -0.344 e. The molecule has 0 saturated carbocycles. The molecule has 0 bridgehead atoms. The largest absolute Gasteiger partial charge is 0.344 e. The maximum atomic E-state index is 5.96. The van der Waals surface area contributed by atoms with Crippen molar-refractivity contribution < 1.29 is 0 Å². The lowest BCUT2D eigenvalue weighted by Gasteiger charge is -2.02. The van der Waals surface area contributed by atoms with Crippen LogP contribution in [0.15, 0.2) is 30.3 Å². The van der Waals surface area contributed by atoms with Gasteiger partial charge in [-0.15, -0.1) is 0 Å². The number of nitrogens with one attached hydrogen (secondary N) is 1. The van der Waals surface area contributed by atoms with Crippen LogP contribution in [-0.2, 0) is 0 Å². The van der Waals surface area contributed by atoms with E-state index in [9.17, 15) is 0 Å². The Kier molecular flexibility index (Phi) is 3.06. The first-order valence-electron chi connectivity index (χ1n) is 5.60. The van der Waals surface area contributed by atoms with E-state index < -0.39 is 0 Å². The number of aromatic amines is 1. The van der Waals surface area contributed by atoms with Gasteiger partial charge in [-0.2, -0.15) is 0 Å². The predicted octanol–water partition coefficient (Wildman–Crippen LogP) is 2.79. The molecule has 1 atom stereocenters. The van der Waals surface area contributed by atoms with Crippen molar-refractivity contribution in [3.63, 3.8) is 0 Å². The maximum absolute atomic E-state index is 5.96. The highest BCUT2D eigenvalue weighted by Crippen LogP contribution is 2.22. The summed E-state index contributed by atoms with van der Waals surface area (Å²) in [6.45, 7) is 4.09. The number of aryl methyl sites for hydroxylation is 1. The van der Waals surface area contributed by atoms with Crippen LogP contribution >= 0.6 is 0 Å². The van der Waals surface area contributed by atoms with E-state index in [1.807, 2.05) is 25.1 Å². The molecule has 0 saturated heterocycles. The molecule has 1 heterocycles. The fourth-order valence-electron chi connectivity index (χ4n) is 1.73. The molecule has 84 valence electrons. The van der Waals surface area contributed by atoms with Crippen LogP contribution in [0.2, 0.25) is 0 Å². The molecule has 0 radical (unpaired) electrons. The monoisotopic (exact) mass is 215 g/mol. The quantitative estimate of drug-likeness (QED) is 0.827. The van der Waals surface area contributed by atoms with Gasteiger partial charge in [-0.3, -0.25) is 0 Å². The second-order valence-corrected chi connectivity index (χ2v) is 3.98. The first-order chi connectivity index (χ1) is 7.72. The minimum atomic E-state index is -0.00355. The zero-order chi connectivity index (χ0) is 11.5. The average molecular weight is 215 g/mol. The number of nitrogens with two attached hydrogens (primary N) is 1. The molecule has 0 amide bonds. The molecule has 0 unspecified atom stereocenters. The van der Waals surface area contributed by atoms with Gasteiger partial charge in [0.2, 0.25) is 0 Å². The van der Waals surface area contributed by atoms with E-state index in [2.05, 4.69) is 29.0 Å². The Morgan fingerprint density at radius 1 is 1.31 bits per heavy atom. The average Bonchev–Trinajstić information content (AvgIpc) is 2.71. The van der Waals surface area contributed by atoms with Crippen molar-refractivity contribution in [1.82, 2.24) is 9.97 Å². The number of imidazole rings is 1. The van der Waals surface area contributed by atoms with Crippen LogP contribution in [0.25, 0.3) is 11.3 Å².